The minimum absolute atomic E-state index is 0.505. The minimum Gasteiger partial charge on any atom is -0.372 e. The van der Waals surface area contributed by atoms with Gasteiger partial charge >= 0.3 is 0 Å². The molecule has 0 atom stereocenters. The third-order valence-corrected chi connectivity index (χ3v) is 1.41. The van der Waals surface area contributed by atoms with Crippen LogP contribution in [0.15, 0.2) is 16.8 Å². The number of likely N-dealkylation sites (N-methyl/N-ethyl adjacent to an activating group) is 1. The summed E-state index contributed by atoms with van der Waals surface area (Å²) in [5.41, 5.74) is 0. The van der Waals surface area contributed by atoms with Gasteiger partial charge in [0.1, 0.15) is 6.61 Å². The van der Waals surface area contributed by atoms with Crippen LogP contribution in [0.3, 0.4) is 0 Å². The molecule has 0 amide bonds. The summed E-state index contributed by atoms with van der Waals surface area (Å²) in [7, 11) is 0. The zero-order valence-electron chi connectivity index (χ0n) is 7.25. The standard InChI is InChI=1S/C8H14N2O2/c1-2-9-5-6-11-7-8-3-4-10-12-8/h3-4,9H,2,5-7H2,1H3. The number of nitrogens with zero attached hydrogens (tertiary/aromatic N) is 1. The predicted octanol–water partition coefficient (Wildman–Crippen LogP) is 0.801. The fraction of sp³-hybridized carbons (Fsp3) is 0.625. The van der Waals surface area contributed by atoms with E-state index in [1.54, 1.807) is 12.3 Å². The molecule has 0 aliphatic rings. The van der Waals surface area contributed by atoms with Gasteiger partial charge in [0.25, 0.3) is 0 Å². The van der Waals surface area contributed by atoms with Crippen molar-refractivity contribution in [1.82, 2.24) is 10.5 Å². The van der Waals surface area contributed by atoms with Crippen molar-refractivity contribution in [1.29, 1.82) is 0 Å². The molecule has 0 radical (unpaired) electrons. The van der Waals surface area contributed by atoms with Gasteiger partial charge in [-0.15, -0.1) is 0 Å². The molecule has 0 fully saturated rings. The van der Waals surface area contributed by atoms with E-state index in [4.69, 9.17) is 9.26 Å². The topological polar surface area (TPSA) is 47.3 Å². The van der Waals surface area contributed by atoms with Crippen LogP contribution in [0.5, 0.6) is 0 Å². The van der Waals surface area contributed by atoms with Gasteiger partial charge in [0, 0.05) is 12.6 Å². The van der Waals surface area contributed by atoms with E-state index >= 15 is 0 Å². The molecule has 1 heterocycles. The first-order valence-corrected chi connectivity index (χ1v) is 4.11. The molecule has 0 aliphatic carbocycles. The molecule has 0 saturated carbocycles. The van der Waals surface area contributed by atoms with Crippen molar-refractivity contribution in [3.63, 3.8) is 0 Å². The smallest absolute Gasteiger partial charge is 0.162 e. The van der Waals surface area contributed by atoms with Gasteiger partial charge in [-0.25, -0.2) is 0 Å². The lowest BCUT2D eigenvalue weighted by Gasteiger charge is -2.01. The average Bonchev–Trinajstić information content (AvgIpc) is 2.57. The van der Waals surface area contributed by atoms with Crippen molar-refractivity contribution >= 4 is 0 Å². The van der Waals surface area contributed by atoms with E-state index in [2.05, 4.69) is 17.4 Å². The van der Waals surface area contributed by atoms with Crippen LogP contribution in [-0.2, 0) is 11.3 Å². The van der Waals surface area contributed by atoms with Crippen molar-refractivity contribution in [2.75, 3.05) is 19.7 Å². The van der Waals surface area contributed by atoms with E-state index in [-0.39, 0.29) is 0 Å². The number of rotatable bonds is 6. The van der Waals surface area contributed by atoms with Gasteiger partial charge in [-0.1, -0.05) is 12.1 Å². The van der Waals surface area contributed by atoms with E-state index in [0.717, 1.165) is 18.8 Å². The Morgan fingerprint density at radius 1 is 1.67 bits per heavy atom. The molecular formula is C8H14N2O2. The minimum atomic E-state index is 0.505. The van der Waals surface area contributed by atoms with E-state index in [1.807, 2.05) is 0 Å². The van der Waals surface area contributed by atoms with Gasteiger partial charge < -0.3 is 14.6 Å². The third kappa shape index (κ3) is 3.50. The van der Waals surface area contributed by atoms with E-state index in [0.29, 0.717) is 13.2 Å². The fourth-order valence-electron chi connectivity index (χ4n) is 0.810. The van der Waals surface area contributed by atoms with E-state index < -0.39 is 0 Å². The van der Waals surface area contributed by atoms with Gasteiger partial charge in [-0.2, -0.15) is 0 Å². The van der Waals surface area contributed by atoms with Crippen molar-refractivity contribution in [2.45, 2.75) is 13.5 Å². The van der Waals surface area contributed by atoms with Gasteiger partial charge in [0.2, 0.25) is 0 Å². The van der Waals surface area contributed by atoms with Gasteiger partial charge in [-0.05, 0) is 6.54 Å². The Morgan fingerprint density at radius 3 is 3.25 bits per heavy atom. The molecule has 0 bridgehead atoms. The average molecular weight is 170 g/mol. The monoisotopic (exact) mass is 170 g/mol. The first kappa shape index (κ1) is 9.22. The highest BCUT2D eigenvalue weighted by atomic mass is 16.5. The van der Waals surface area contributed by atoms with Crippen LogP contribution in [0.4, 0.5) is 0 Å². The van der Waals surface area contributed by atoms with Crippen molar-refractivity contribution in [2.24, 2.45) is 0 Å². The number of hydrogen-bond acceptors (Lipinski definition) is 4. The van der Waals surface area contributed by atoms with Gasteiger partial charge in [0.05, 0.1) is 12.8 Å². The zero-order valence-corrected chi connectivity index (χ0v) is 7.25. The van der Waals surface area contributed by atoms with E-state index in [1.165, 1.54) is 0 Å². The molecule has 1 N–H and O–H groups in total. The molecule has 1 aromatic heterocycles. The maximum absolute atomic E-state index is 5.28. The SMILES string of the molecule is CCNCCOCc1ccno1. The molecule has 68 valence electrons. The quantitative estimate of drug-likeness (QED) is 0.641. The predicted molar refractivity (Wildman–Crippen MR) is 44.7 cm³/mol. The summed E-state index contributed by atoms with van der Waals surface area (Å²) in [5, 5.41) is 6.72. The van der Waals surface area contributed by atoms with Crippen LogP contribution < -0.4 is 5.32 Å². The molecule has 0 saturated heterocycles. The van der Waals surface area contributed by atoms with Gasteiger partial charge in [-0.3, -0.25) is 0 Å². The van der Waals surface area contributed by atoms with Crippen molar-refractivity contribution in [3.05, 3.63) is 18.0 Å². The number of aromatic nitrogens is 1. The Bertz CT molecular complexity index is 187. The molecule has 4 nitrogen and oxygen atoms in total. The largest absolute Gasteiger partial charge is 0.372 e. The first-order valence-electron chi connectivity index (χ1n) is 4.11. The van der Waals surface area contributed by atoms with Crippen LogP contribution in [-0.4, -0.2) is 24.9 Å². The second kappa shape index (κ2) is 5.74. The summed E-state index contributed by atoms with van der Waals surface area (Å²) in [5.74, 6) is 0.770. The summed E-state index contributed by atoms with van der Waals surface area (Å²) in [6.45, 7) is 5.13. The maximum atomic E-state index is 5.28. The molecule has 4 heteroatoms. The molecule has 0 aliphatic heterocycles. The number of hydrogen-bond donors (Lipinski definition) is 1. The van der Waals surface area contributed by atoms with Crippen LogP contribution in [0.2, 0.25) is 0 Å². The highest BCUT2D eigenvalue weighted by Gasteiger charge is 1.95. The molecule has 0 aromatic carbocycles. The van der Waals surface area contributed by atoms with Crippen LogP contribution in [0, 0.1) is 0 Å². The summed E-state index contributed by atoms with van der Waals surface area (Å²) < 4.78 is 10.1. The number of ether oxygens (including phenoxy) is 1. The molecule has 1 aromatic rings. The Balaban J connectivity index is 1.96. The normalized spacial score (nSPS) is 10.4. The van der Waals surface area contributed by atoms with Crippen LogP contribution in [0.25, 0.3) is 0 Å². The van der Waals surface area contributed by atoms with Crippen molar-refractivity contribution in [3.8, 4) is 0 Å². The second-order valence-electron chi connectivity index (χ2n) is 2.38. The lowest BCUT2D eigenvalue weighted by molar-refractivity contribution is 0.103. The zero-order chi connectivity index (χ0) is 8.65. The fourth-order valence-corrected chi connectivity index (χ4v) is 0.810. The molecule has 12 heavy (non-hydrogen) atoms. The Labute approximate surface area is 71.9 Å². The first-order chi connectivity index (χ1) is 5.93. The lowest BCUT2D eigenvalue weighted by atomic mass is 10.5. The molecule has 0 spiro atoms. The maximum Gasteiger partial charge on any atom is 0.162 e. The lowest BCUT2D eigenvalue weighted by Crippen LogP contribution is -2.18. The summed E-state index contributed by atoms with van der Waals surface area (Å²) >= 11 is 0. The molecule has 0 unspecified atom stereocenters. The molecular weight excluding hydrogens is 156 g/mol. The Hall–Kier alpha value is -0.870. The van der Waals surface area contributed by atoms with Crippen molar-refractivity contribution < 1.29 is 9.26 Å². The summed E-state index contributed by atoms with van der Waals surface area (Å²) in [6, 6.07) is 1.80. The van der Waals surface area contributed by atoms with Crippen LogP contribution in [0.1, 0.15) is 12.7 Å². The highest BCUT2D eigenvalue weighted by Crippen LogP contribution is 1.97. The summed E-state index contributed by atoms with van der Waals surface area (Å²) in [4.78, 5) is 0. The molecule has 1 rings (SSSR count). The number of nitrogens with one attached hydrogen (secondary N) is 1. The third-order valence-electron chi connectivity index (χ3n) is 1.41. The second-order valence-corrected chi connectivity index (χ2v) is 2.38. The highest BCUT2D eigenvalue weighted by molar-refractivity contribution is 4.89. The van der Waals surface area contributed by atoms with Gasteiger partial charge in [0.15, 0.2) is 5.76 Å². The van der Waals surface area contributed by atoms with Crippen LogP contribution >= 0.6 is 0 Å². The Morgan fingerprint density at radius 2 is 2.58 bits per heavy atom. The summed E-state index contributed by atoms with van der Waals surface area (Å²) in [6.07, 6.45) is 1.61. The van der Waals surface area contributed by atoms with E-state index in [9.17, 15) is 0 Å². The Kier molecular flexibility index (Phi) is 4.41.